The van der Waals surface area contributed by atoms with E-state index in [4.69, 9.17) is 13.6 Å². The van der Waals surface area contributed by atoms with Gasteiger partial charge < -0.3 is 13.6 Å². The van der Waals surface area contributed by atoms with Crippen LogP contribution < -0.4 is 0 Å². The summed E-state index contributed by atoms with van der Waals surface area (Å²) in [6.45, 7) is 0. The maximum Gasteiger partial charge on any atom is 0.167 e. The number of benzene rings is 2. The van der Waals surface area contributed by atoms with Crippen LogP contribution in [0.25, 0.3) is 11.3 Å². The average Bonchev–Trinajstić information content (AvgIpc) is 3.77. The van der Waals surface area contributed by atoms with E-state index < -0.39 is 5.41 Å². The van der Waals surface area contributed by atoms with Crippen LogP contribution in [0, 0.1) is 17.6 Å². The molecule has 0 amide bonds. The van der Waals surface area contributed by atoms with E-state index in [1.807, 2.05) is 24.3 Å². The highest BCUT2D eigenvalue weighted by Crippen LogP contribution is 2.46. The van der Waals surface area contributed by atoms with E-state index in [-0.39, 0.29) is 11.6 Å². The van der Waals surface area contributed by atoms with Gasteiger partial charge in [-0.25, -0.2) is 8.78 Å². The molecule has 0 aliphatic rings. The largest absolute Gasteiger partial charge is 0.365 e. The second-order valence-electron chi connectivity index (χ2n) is 9.53. The lowest BCUT2D eigenvalue weighted by molar-refractivity contribution is 0.285. The third-order valence-electron chi connectivity index (χ3n) is 6.93. The summed E-state index contributed by atoms with van der Waals surface area (Å²) < 4.78 is 44.3. The minimum absolute atomic E-state index is 0.325. The summed E-state index contributed by atoms with van der Waals surface area (Å²) in [6, 6.07) is 21.7. The van der Waals surface area contributed by atoms with Gasteiger partial charge in [-0.15, -0.1) is 0 Å². The predicted octanol–water partition coefficient (Wildman–Crippen LogP) is 6.58. The van der Waals surface area contributed by atoms with Gasteiger partial charge in [0.25, 0.3) is 0 Å². The monoisotopic (exact) mass is 537 g/mol. The van der Waals surface area contributed by atoms with Gasteiger partial charge in [0.2, 0.25) is 0 Å². The lowest BCUT2D eigenvalue weighted by Gasteiger charge is -2.38. The number of hydrogen-bond acceptors (Lipinski definition) is 7. The van der Waals surface area contributed by atoms with Crippen molar-refractivity contribution in [3.05, 3.63) is 150 Å². The van der Waals surface area contributed by atoms with Gasteiger partial charge in [-0.05, 0) is 66.4 Å². The normalized spacial score (nSPS) is 13.0. The van der Waals surface area contributed by atoms with Crippen LogP contribution >= 0.6 is 0 Å². The number of hydrogen-bond donors (Lipinski definition) is 0. The second kappa shape index (κ2) is 11.1. The summed E-state index contributed by atoms with van der Waals surface area (Å²) >= 11 is 0. The third-order valence-corrected chi connectivity index (χ3v) is 6.93. The molecule has 1 unspecified atom stereocenters. The molecule has 0 fully saturated rings. The van der Waals surface area contributed by atoms with Crippen molar-refractivity contribution in [1.29, 1.82) is 0 Å². The Morgan fingerprint density at radius 1 is 0.775 bits per heavy atom. The fourth-order valence-corrected chi connectivity index (χ4v) is 5.05. The second-order valence-corrected chi connectivity index (χ2v) is 9.53. The fourth-order valence-electron chi connectivity index (χ4n) is 5.05. The molecule has 0 spiro atoms. The van der Waals surface area contributed by atoms with E-state index in [1.54, 1.807) is 48.9 Å². The van der Waals surface area contributed by atoms with Crippen LogP contribution in [0.2, 0.25) is 0 Å². The number of halogens is 2. The summed E-state index contributed by atoms with van der Waals surface area (Å²) in [5.41, 5.74) is 2.87. The van der Waals surface area contributed by atoms with Crippen molar-refractivity contribution in [2.24, 2.45) is 0 Å². The van der Waals surface area contributed by atoms with Crippen LogP contribution in [0.5, 0.6) is 0 Å². The Balaban J connectivity index is 1.53. The Bertz CT molecular complexity index is 1640. The Kier molecular flexibility index (Phi) is 7.01. The quantitative estimate of drug-likeness (QED) is 0.195. The first kappa shape index (κ1) is 25.4. The molecule has 4 aromatic heterocycles. The topological polar surface area (TPSA) is 91.0 Å². The highest BCUT2D eigenvalue weighted by Gasteiger charge is 2.47. The molecule has 199 valence electrons. The summed E-state index contributed by atoms with van der Waals surface area (Å²) in [6.07, 6.45) is 7.84. The molecule has 0 N–H and O–H groups in total. The molecule has 7 nitrogen and oxygen atoms in total. The van der Waals surface area contributed by atoms with Gasteiger partial charge in [0.15, 0.2) is 5.76 Å². The smallest absolute Gasteiger partial charge is 0.167 e. The van der Waals surface area contributed by atoms with Gasteiger partial charge in [0.05, 0.1) is 23.0 Å². The van der Waals surface area contributed by atoms with Crippen molar-refractivity contribution in [1.82, 2.24) is 20.5 Å². The van der Waals surface area contributed by atoms with Gasteiger partial charge in [-0.1, -0.05) is 33.7 Å². The SMILES string of the molecule is Fc1ccc(CC(Cc2cccnc2)([C](Cc2ccon2)c2cc(-c3ccc(F)cc3)on2)c2ccno2)cc1. The standard InChI is InChI=1S/C31H23F2N4O3/c32-24-7-3-21(4-8-24)18-31(30-11-14-35-40-30,19-22-2-1-13-34-20-22)27(16-26-12-15-38-36-26)28-17-29(39-37-28)23-5-9-25(33)10-6-23/h1-15,17,20H,16,18-19H2. The van der Waals surface area contributed by atoms with Gasteiger partial charge >= 0.3 is 0 Å². The number of aromatic nitrogens is 4. The molecule has 0 aliphatic heterocycles. The van der Waals surface area contributed by atoms with Gasteiger partial charge in [0, 0.05) is 48.5 Å². The van der Waals surface area contributed by atoms with Crippen LogP contribution in [0.4, 0.5) is 8.78 Å². The summed E-state index contributed by atoms with van der Waals surface area (Å²) in [5, 5.41) is 12.7. The molecule has 9 heteroatoms. The van der Waals surface area contributed by atoms with Gasteiger partial charge in [-0.3, -0.25) is 4.98 Å². The summed E-state index contributed by atoms with van der Waals surface area (Å²) in [4.78, 5) is 4.33. The van der Waals surface area contributed by atoms with E-state index in [0.29, 0.717) is 47.7 Å². The van der Waals surface area contributed by atoms with E-state index in [2.05, 4.69) is 20.5 Å². The molecular weight excluding hydrogens is 514 g/mol. The molecule has 0 saturated heterocycles. The Morgan fingerprint density at radius 3 is 2.23 bits per heavy atom. The van der Waals surface area contributed by atoms with E-state index >= 15 is 0 Å². The van der Waals surface area contributed by atoms with Crippen LogP contribution in [0.15, 0.2) is 117 Å². The molecule has 0 bridgehead atoms. The number of rotatable bonds is 10. The maximum atomic E-state index is 13.9. The molecule has 6 rings (SSSR count). The minimum atomic E-state index is -0.868. The molecule has 0 saturated carbocycles. The van der Waals surface area contributed by atoms with Crippen molar-refractivity contribution in [3.63, 3.8) is 0 Å². The van der Waals surface area contributed by atoms with Crippen LogP contribution in [-0.2, 0) is 24.7 Å². The van der Waals surface area contributed by atoms with Crippen molar-refractivity contribution >= 4 is 0 Å². The first-order valence-electron chi connectivity index (χ1n) is 12.6. The summed E-state index contributed by atoms with van der Waals surface area (Å²) in [5.74, 6) is 1.21. The number of pyridine rings is 1. The van der Waals surface area contributed by atoms with E-state index in [0.717, 1.165) is 17.0 Å². The Labute approximate surface area is 228 Å². The molecule has 6 aromatic rings. The molecule has 2 aromatic carbocycles. The summed E-state index contributed by atoms with van der Waals surface area (Å²) in [7, 11) is 0. The third kappa shape index (κ3) is 5.31. The van der Waals surface area contributed by atoms with Crippen molar-refractivity contribution in [2.45, 2.75) is 24.7 Å². The zero-order valence-corrected chi connectivity index (χ0v) is 21.2. The first-order chi connectivity index (χ1) is 19.6. The van der Waals surface area contributed by atoms with E-state index in [1.165, 1.54) is 30.5 Å². The molecule has 4 heterocycles. The zero-order chi connectivity index (χ0) is 27.4. The zero-order valence-electron chi connectivity index (χ0n) is 21.2. The molecule has 1 atom stereocenters. The highest BCUT2D eigenvalue weighted by atomic mass is 19.1. The molecule has 0 aliphatic carbocycles. The predicted molar refractivity (Wildman–Crippen MR) is 141 cm³/mol. The molecule has 1 radical (unpaired) electrons. The van der Waals surface area contributed by atoms with E-state index in [9.17, 15) is 8.78 Å². The highest BCUT2D eigenvalue weighted by molar-refractivity contribution is 5.59. The maximum absolute atomic E-state index is 13.9. The minimum Gasteiger partial charge on any atom is -0.365 e. The fraction of sp³-hybridized carbons (Fsp3) is 0.129. The Hall–Kier alpha value is -4.92. The number of nitrogens with zero attached hydrogens (tertiary/aromatic N) is 4. The van der Waals surface area contributed by atoms with Gasteiger partial charge in [-0.2, -0.15) is 0 Å². The Morgan fingerprint density at radius 2 is 1.55 bits per heavy atom. The average molecular weight is 538 g/mol. The molecular formula is C31H23F2N4O3. The van der Waals surface area contributed by atoms with Gasteiger partial charge in [0.1, 0.15) is 23.7 Å². The molecule has 40 heavy (non-hydrogen) atoms. The van der Waals surface area contributed by atoms with Crippen LogP contribution in [0.3, 0.4) is 0 Å². The van der Waals surface area contributed by atoms with Crippen molar-refractivity contribution in [3.8, 4) is 11.3 Å². The van der Waals surface area contributed by atoms with Crippen molar-refractivity contribution < 1.29 is 22.4 Å². The van der Waals surface area contributed by atoms with Crippen molar-refractivity contribution in [2.75, 3.05) is 0 Å². The lowest BCUT2D eigenvalue weighted by Crippen LogP contribution is -2.40. The lowest BCUT2D eigenvalue weighted by atomic mass is 9.63. The van der Waals surface area contributed by atoms with Crippen LogP contribution in [-0.4, -0.2) is 20.5 Å². The first-order valence-corrected chi connectivity index (χ1v) is 12.6. The van der Waals surface area contributed by atoms with Crippen LogP contribution in [0.1, 0.15) is 28.3 Å².